The fraction of sp³-hybridized carbons (Fsp3) is 0.917. The van der Waals surface area contributed by atoms with E-state index in [0.29, 0.717) is 19.0 Å². The van der Waals surface area contributed by atoms with E-state index in [4.69, 9.17) is 0 Å². The van der Waals surface area contributed by atoms with Crippen molar-refractivity contribution >= 4 is 15.8 Å². The summed E-state index contributed by atoms with van der Waals surface area (Å²) in [5.41, 5.74) is 0. The first-order valence-corrected chi connectivity index (χ1v) is 8.72. The summed E-state index contributed by atoms with van der Waals surface area (Å²) in [6, 6.07) is 0.514. The lowest BCUT2D eigenvalue weighted by Gasteiger charge is -2.24. The van der Waals surface area contributed by atoms with Gasteiger partial charge in [0.15, 0.2) is 5.96 Å². The number of sulfone groups is 1. The molecule has 0 aromatic rings. The average Bonchev–Trinajstić information content (AvgIpc) is 2.33. The second-order valence-electron chi connectivity index (χ2n) is 4.96. The van der Waals surface area contributed by atoms with E-state index in [1.165, 1.54) is 38.4 Å². The Morgan fingerprint density at radius 2 is 1.94 bits per heavy atom. The van der Waals surface area contributed by atoms with Crippen molar-refractivity contribution in [2.75, 3.05) is 25.6 Å². The smallest absolute Gasteiger partial charge is 0.191 e. The lowest BCUT2D eigenvalue weighted by atomic mass is 9.96. The highest BCUT2D eigenvalue weighted by Gasteiger charge is 2.14. The van der Waals surface area contributed by atoms with E-state index in [1.54, 1.807) is 7.05 Å². The third kappa shape index (κ3) is 6.83. The molecule has 0 bridgehead atoms. The quantitative estimate of drug-likeness (QED) is 0.445. The number of aliphatic imine (C=N–C) groups is 1. The van der Waals surface area contributed by atoms with Gasteiger partial charge in [-0.3, -0.25) is 4.99 Å². The monoisotopic (exact) mass is 275 g/mol. The Kier molecular flexibility index (Phi) is 6.46. The molecule has 0 unspecified atom stereocenters. The van der Waals surface area contributed by atoms with Crippen molar-refractivity contribution in [3.63, 3.8) is 0 Å². The van der Waals surface area contributed by atoms with E-state index in [2.05, 4.69) is 15.6 Å². The molecule has 1 saturated carbocycles. The third-order valence-electron chi connectivity index (χ3n) is 3.15. The van der Waals surface area contributed by atoms with Crippen LogP contribution < -0.4 is 10.6 Å². The summed E-state index contributed by atoms with van der Waals surface area (Å²) >= 11 is 0. The Balaban J connectivity index is 2.21. The molecule has 0 spiro atoms. The van der Waals surface area contributed by atoms with Gasteiger partial charge in [0.25, 0.3) is 0 Å². The third-order valence-corrected chi connectivity index (χ3v) is 4.18. The van der Waals surface area contributed by atoms with Gasteiger partial charge in [0, 0.05) is 25.9 Å². The van der Waals surface area contributed by atoms with Crippen LogP contribution in [0.1, 0.15) is 38.5 Å². The van der Waals surface area contributed by atoms with Crippen LogP contribution in [0, 0.1) is 0 Å². The zero-order chi connectivity index (χ0) is 13.4. The Hall–Kier alpha value is -0.780. The lowest BCUT2D eigenvalue weighted by Crippen LogP contribution is -2.44. The van der Waals surface area contributed by atoms with Gasteiger partial charge in [-0.25, -0.2) is 8.42 Å². The zero-order valence-corrected chi connectivity index (χ0v) is 12.2. The number of hydrogen-bond acceptors (Lipinski definition) is 3. The molecule has 1 rings (SSSR count). The summed E-state index contributed by atoms with van der Waals surface area (Å²) in [6.07, 6.45) is 8.17. The lowest BCUT2D eigenvalue weighted by molar-refractivity contribution is 0.410. The SMILES string of the molecule is CN=C(NCCCS(C)(=O)=O)NC1CCCCC1. The molecule has 0 aliphatic heterocycles. The fourth-order valence-corrected chi connectivity index (χ4v) is 2.84. The van der Waals surface area contributed by atoms with Crippen LogP contribution in [0.5, 0.6) is 0 Å². The summed E-state index contributed by atoms with van der Waals surface area (Å²) in [5.74, 6) is 1.01. The Bertz CT molecular complexity index is 360. The van der Waals surface area contributed by atoms with Crippen LogP contribution in [-0.2, 0) is 9.84 Å². The first kappa shape index (κ1) is 15.3. The van der Waals surface area contributed by atoms with Crippen molar-refractivity contribution in [3.05, 3.63) is 0 Å². The summed E-state index contributed by atoms with van der Waals surface area (Å²) in [6.45, 7) is 0.638. The Morgan fingerprint density at radius 1 is 1.28 bits per heavy atom. The molecular formula is C12H25N3O2S. The standard InChI is InChI=1S/C12H25N3O2S/c1-13-12(14-9-6-10-18(2,16)17)15-11-7-4-3-5-8-11/h11H,3-10H2,1-2H3,(H2,13,14,15). The number of nitrogens with one attached hydrogen (secondary N) is 2. The zero-order valence-electron chi connectivity index (χ0n) is 11.4. The highest BCUT2D eigenvalue weighted by molar-refractivity contribution is 7.90. The molecule has 2 N–H and O–H groups in total. The normalized spacial score (nSPS) is 18.7. The van der Waals surface area contributed by atoms with Crippen molar-refractivity contribution < 1.29 is 8.42 Å². The van der Waals surface area contributed by atoms with Crippen LogP contribution in [0.3, 0.4) is 0 Å². The minimum Gasteiger partial charge on any atom is -0.356 e. The van der Waals surface area contributed by atoms with Gasteiger partial charge in [-0.05, 0) is 19.3 Å². The molecule has 0 heterocycles. The van der Waals surface area contributed by atoms with Gasteiger partial charge in [-0.15, -0.1) is 0 Å². The van der Waals surface area contributed by atoms with E-state index in [0.717, 1.165) is 5.96 Å². The first-order valence-electron chi connectivity index (χ1n) is 6.66. The summed E-state index contributed by atoms with van der Waals surface area (Å²) in [7, 11) is -1.11. The summed E-state index contributed by atoms with van der Waals surface area (Å²) < 4.78 is 22.0. The maximum Gasteiger partial charge on any atom is 0.191 e. The molecule has 0 aromatic heterocycles. The van der Waals surface area contributed by atoms with Crippen LogP contribution in [0.2, 0.25) is 0 Å². The molecule has 106 valence electrons. The Morgan fingerprint density at radius 3 is 2.50 bits per heavy atom. The van der Waals surface area contributed by atoms with E-state index in [9.17, 15) is 8.42 Å². The minimum atomic E-state index is -2.86. The topological polar surface area (TPSA) is 70.6 Å². The second kappa shape index (κ2) is 7.61. The number of nitrogens with zero attached hydrogens (tertiary/aromatic N) is 1. The van der Waals surface area contributed by atoms with Gasteiger partial charge in [0.1, 0.15) is 9.84 Å². The molecule has 1 aliphatic rings. The van der Waals surface area contributed by atoms with E-state index >= 15 is 0 Å². The molecular weight excluding hydrogens is 250 g/mol. The van der Waals surface area contributed by atoms with Crippen molar-refractivity contribution in [1.29, 1.82) is 0 Å². The van der Waals surface area contributed by atoms with Gasteiger partial charge < -0.3 is 10.6 Å². The molecule has 1 aliphatic carbocycles. The van der Waals surface area contributed by atoms with Crippen molar-refractivity contribution in [2.24, 2.45) is 4.99 Å². The number of hydrogen-bond donors (Lipinski definition) is 2. The highest BCUT2D eigenvalue weighted by Crippen LogP contribution is 2.17. The first-order chi connectivity index (χ1) is 8.51. The molecule has 6 heteroatoms. The molecule has 1 fully saturated rings. The molecule has 0 amide bonds. The predicted octanol–water partition coefficient (Wildman–Crippen LogP) is 0.919. The van der Waals surface area contributed by atoms with Gasteiger partial charge in [0.05, 0.1) is 5.75 Å². The molecule has 0 atom stereocenters. The van der Waals surface area contributed by atoms with Gasteiger partial charge in [0.2, 0.25) is 0 Å². The molecule has 0 saturated heterocycles. The van der Waals surface area contributed by atoms with Crippen LogP contribution in [0.15, 0.2) is 4.99 Å². The maximum atomic E-state index is 11.0. The van der Waals surface area contributed by atoms with Gasteiger partial charge in [-0.1, -0.05) is 19.3 Å². The van der Waals surface area contributed by atoms with Gasteiger partial charge >= 0.3 is 0 Å². The maximum absolute atomic E-state index is 11.0. The highest BCUT2D eigenvalue weighted by atomic mass is 32.2. The van der Waals surface area contributed by atoms with Crippen molar-refractivity contribution in [2.45, 2.75) is 44.6 Å². The van der Waals surface area contributed by atoms with Crippen LogP contribution in [0.4, 0.5) is 0 Å². The fourth-order valence-electron chi connectivity index (χ4n) is 2.18. The van der Waals surface area contributed by atoms with E-state index in [-0.39, 0.29) is 5.75 Å². The minimum absolute atomic E-state index is 0.223. The Labute approximate surface area is 110 Å². The van der Waals surface area contributed by atoms with Crippen LogP contribution in [-0.4, -0.2) is 46.0 Å². The molecule has 5 nitrogen and oxygen atoms in total. The van der Waals surface area contributed by atoms with Crippen molar-refractivity contribution in [3.8, 4) is 0 Å². The second-order valence-corrected chi connectivity index (χ2v) is 7.22. The van der Waals surface area contributed by atoms with E-state index < -0.39 is 9.84 Å². The molecule has 18 heavy (non-hydrogen) atoms. The van der Waals surface area contributed by atoms with Crippen LogP contribution >= 0.6 is 0 Å². The van der Waals surface area contributed by atoms with E-state index in [1.807, 2.05) is 0 Å². The number of rotatable bonds is 5. The average molecular weight is 275 g/mol. The largest absolute Gasteiger partial charge is 0.356 e. The predicted molar refractivity (Wildman–Crippen MR) is 75.7 cm³/mol. The van der Waals surface area contributed by atoms with Crippen molar-refractivity contribution in [1.82, 2.24) is 10.6 Å². The molecule has 0 aromatic carbocycles. The summed E-state index contributed by atoms with van der Waals surface area (Å²) in [4.78, 5) is 4.16. The molecule has 0 radical (unpaired) electrons. The summed E-state index contributed by atoms with van der Waals surface area (Å²) in [5, 5.41) is 6.56. The number of guanidine groups is 1. The van der Waals surface area contributed by atoms with Gasteiger partial charge in [-0.2, -0.15) is 0 Å². The van der Waals surface area contributed by atoms with Crippen LogP contribution in [0.25, 0.3) is 0 Å².